The van der Waals surface area contributed by atoms with Crippen molar-refractivity contribution in [3.63, 3.8) is 0 Å². The minimum Gasteiger partial charge on any atom is -0.351 e. The van der Waals surface area contributed by atoms with E-state index in [4.69, 9.17) is 0 Å². The van der Waals surface area contributed by atoms with Crippen molar-refractivity contribution in [3.05, 3.63) is 15.6 Å². The van der Waals surface area contributed by atoms with E-state index in [1.54, 1.807) is 0 Å². The van der Waals surface area contributed by atoms with E-state index in [0.717, 1.165) is 41.6 Å². The van der Waals surface area contributed by atoms with Crippen LogP contribution in [0.1, 0.15) is 26.8 Å². The first-order valence-corrected chi connectivity index (χ1v) is 6.41. The Balaban J connectivity index is 0.00000144. The van der Waals surface area contributed by atoms with E-state index in [9.17, 15) is 4.79 Å². The maximum absolute atomic E-state index is 11.9. The molecule has 2 rings (SSSR count). The zero-order valence-corrected chi connectivity index (χ0v) is 12.9. The molecule has 0 saturated carbocycles. The molecule has 4 nitrogen and oxygen atoms in total. The number of hydrogen-bond acceptors (Lipinski definition) is 4. The lowest BCUT2D eigenvalue weighted by Gasteiger charge is -2.09. The van der Waals surface area contributed by atoms with Crippen LogP contribution >= 0.6 is 36.2 Å². The number of aromatic nitrogens is 1. The molecule has 0 radical (unpaired) electrons. The number of nitrogens with one attached hydrogen (secondary N) is 2. The second-order valence-electron chi connectivity index (χ2n) is 4.22. The van der Waals surface area contributed by atoms with Crippen LogP contribution < -0.4 is 10.6 Å². The van der Waals surface area contributed by atoms with Gasteiger partial charge in [0.1, 0.15) is 4.88 Å². The molecule has 1 unspecified atom stereocenters. The molecule has 1 amide bonds. The van der Waals surface area contributed by atoms with E-state index >= 15 is 0 Å². The summed E-state index contributed by atoms with van der Waals surface area (Å²) in [5.74, 6) is 0.605. The fourth-order valence-electron chi connectivity index (χ4n) is 1.95. The standard InChI is InChI=1S/C11H17N3OS.2ClH/c1-7-10(16-8(2)14-7)11(15)13-6-9-3-4-12-5-9;;/h9,12H,3-6H2,1-2H3,(H,13,15);2*1H. The zero-order valence-electron chi connectivity index (χ0n) is 10.5. The lowest BCUT2D eigenvalue weighted by molar-refractivity contribution is 0.0951. The quantitative estimate of drug-likeness (QED) is 0.897. The number of nitrogens with zero attached hydrogens (tertiary/aromatic N) is 1. The van der Waals surface area contributed by atoms with Gasteiger partial charge in [0.05, 0.1) is 10.7 Å². The van der Waals surface area contributed by atoms with Gasteiger partial charge in [-0.15, -0.1) is 36.2 Å². The molecule has 18 heavy (non-hydrogen) atoms. The summed E-state index contributed by atoms with van der Waals surface area (Å²) in [7, 11) is 0. The van der Waals surface area contributed by atoms with Crippen molar-refractivity contribution >= 4 is 42.1 Å². The molecule has 1 atom stereocenters. The minimum absolute atomic E-state index is 0. The molecular weight excluding hydrogens is 293 g/mol. The monoisotopic (exact) mass is 311 g/mol. The number of amides is 1. The van der Waals surface area contributed by atoms with E-state index in [1.807, 2.05) is 13.8 Å². The molecular formula is C11H19Cl2N3OS. The molecule has 104 valence electrons. The van der Waals surface area contributed by atoms with Crippen LogP contribution in [-0.4, -0.2) is 30.5 Å². The van der Waals surface area contributed by atoms with Crippen LogP contribution in [0.3, 0.4) is 0 Å². The summed E-state index contributed by atoms with van der Waals surface area (Å²) < 4.78 is 0. The minimum atomic E-state index is 0. The number of carbonyl (C=O) groups excluding carboxylic acids is 1. The largest absolute Gasteiger partial charge is 0.351 e. The van der Waals surface area contributed by atoms with E-state index < -0.39 is 0 Å². The SMILES string of the molecule is Cc1nc(C)c(C(=O)NCC2CCNC2)s1.Cl.Cl. The van der Waals surface area contributed by atoms with Crippen LogP contribution in [0, 0.1) is 19.8 Å². The zero-order chi connectivity index (χ0) is 11.5. The first-order valence-electron chi connectivity index (χ1n) is 5.59. The van der Waals surface area contributed by atoms with Gasteiger partial charge in [-0.1, -0.05) is 0 Å². The summed E-state index contributed by atoms with van der Waals surface area (Å²) in [5.41, 5.74) is 0.838. The van der Waals surface area contributed by atoms with Crippen molar-refractivity contribution in [2.45, 2.75) is 20.3 Å². The van der Waals surface area contributed by atoms with Gasteiger partial charge >= 0.3 is 0 Å². The summed E-state index contributed by atoms with van der Waals surface area (Å²) in [6, 6.07) is 0. The second kappa shape index (κ2) is 7.94. The van der Waals surface area contributed by atoms with Crippen molar-refractivity contribution < 1.29 is 4.79 Å². The highest BCUT2D eigenvalue weighted by Gasteiger charge is 2.18. The highest BCUT2D eigenvalue weighted by Crippen LogP contribution is 2.17. The Morgan fingerprint density at radius 3 is 2.72 bits per heavy atom. The van der Waals surface area contributed by atoms with Gasteiger partial charge in [-0.05, 0) is 39.3 Å². The topological polar surface area (TPSA) is 54.0 Å². The third kappa shape index (κ3) is 4.39. The molecule has 1 aromatic rings. The van der Waals surface area contributed by atoms with Crippen molar-refractivity contribution in [3.8, 4) is 0 Å². The van der Waals surface area contributed by atoms with E-state index in [0.29, 0.717) is 5.92 Å². The maximum Gasteiger partial charge on any atom is 0.263 e. The summed E-state index contributed by atoms with van der Waals surface area (Å²) >= 11 is 1.47. The van der Waals surface area contributed by atoms with E-state index in [1.165, 1.54) is 11.3 Å². The average molecular weight is 312 g/mol. The summed E-state index contributed by atoms with van der Waals surface area (Å²) in [6.45, 7) is 6.66. The van der Waals surface area contributed by atoms with Crippen LogP contribution in [0.4, 0.5) is 0 Å². The van der Waals surface area contributed by atoms with Crippen LogP contribution in [0.15, 0.2) is 0 Å². The molecule has 1 saturated heterocycles. The van der Waals surface area contributed by atoms with Crippen molar-refractivity contribution in [2.24, 2.45) is 5.92 Å². The lowest BCUT2D eigenvalue weighted by Crippen LogP contribution is -2.30. The first kappa shape index (κ1) is 17.6. The van der Waals surface area contributed by atoms with Crippen LogP contribution in [0.2, 0.25) is 0 Å². The predicted octanol–water partition coefficient (Wildman–Crippen LogP) is 1.94. The number of rotatable bonds is 3. The molecule has 1 aliphatic rings. The van der Waals surface area contributed by atoms with Crippen LogP contribution in [-0.2, 0) is 0 Å². The Hall–Kier alpha value is -0.360. The third-order valence-corrected chi connectivity index (χ3v) is 3.90. The van der Waals surface area contributed by atoms with Gasteiger partial charge in [0, 0.05) is 6.54 Å². The average Bonchev–Trinajstić information content (AvgIpc) is 2.84. The third-order valence-electron chi connectivity index (χ3n) is 2.82. The molecule has 0 bridgehead atoms. The Kier molecular flexibility index (Phi) is 7.78. The first-order chi connectivity index (χ1) is 7.66. The number of aryl methyl sites for hydroxylation is 2. The number of thiazole rings is 1. The number of carbonyl (C=O) groups is 1. The molecule has 1 aliphatic heterocycles. The van der Waals surface area contributed by atoms with Gasteiger partial charge < -0.3 is 10.6 Å². The molecule has 0 spiro atoms. The Morgan fingerprint density at radius 2 is 2.22 bits per heavy atom. The van der Waals surface area contributed by atoms with Crippen molar-refractivity contribution in [1.29, 1.82) is 0 Å². The van der Waals surface area contributed by atoms with Crippen molar-refractivity contribution in [2.75, 3.05) is 19.6 Å². The van der Waals surface area contributed by atoms with Gasteiger partial charge in [0.2, 0.25) is 0 Å². The van der Waals surface area contributed by atoms with E-state index in [2.05, 4.69) is 15.6 Å². The highest BCUT2D eigenvalue weighted by molar-refractivity contribution is 7.13. The van der Waals surface area contributed by atoms with E-state index in [-0.39, 0.29) is 30.7 Å². The molecule has 2 heterocycles. The molecule has 7 heteroatoms. The number of halogens is 2. The smallest absolute Gasteiger partial charge is 0.263 e. The summed E-state index contributed by atoms with van der Waals surface area (Å²) in [6.07, 6.45) is 1.15. The highest BCUT2D eigenvalue weighted by atomic mass is 35.5. The summed E-state index contributed by atoms with van der Waals surface area (Å²) in [5, 5.41) is 7.23. The molecule has 0 aliphatic carbocycles. The molecule has 2 N–H and O–H groups in total. The fraction of sp³-hybridized carbons (Fsp3) is 0.636. The Labute approximate surface area is 124 Å². The lowest BCUT2D eigenvalue weighted by atomic mass is 10.1. The predicted molar refractivity (Wildman–Crippen MR) is 79.4 cm³/mol. The maximum atomic E-state index is 11.9. The van der Waals surface area contributed by atoms with Gasteiger partial charge in [0.25, 0.3) is 5.91 Å². The van der Waals surface area contributed by atoms with Gasteiger partial charge in [0.15, 0.2) is 0 Å². The molecule has 0 aromatic carbocycles. The summed E-state index contributed by atoms with van der Waals surface area (Å²) in [4.78, 5) is 16.9. The van der Waals surface area contributed by atoms with Crippen LogP contribution in [0.5, 0.6) is 0 Å². The Morgan fingerprint density at radius 1 is 1.50 bits per heavy atom. The Bertz CT molecular complexity index is 392. The second-order valence-corrected chi connectivity index (χ2v) is 5.42. The molecule has 1 fully saturated rings. The van der Waals surface area contributed by atoms with Gasteiger partial charge in [-0.2, -0.15) is 0 Å². The fourth-order valence-corrected chi connectivity index (χ4v) is 2.78. The number of hydrogen-bond donors (Lipinski definition) is 2. The normalized spacial score (nSPS) is 17.8. The molecule has 1 aromatic heterocycles. The van der Waals surface area contributed by atoms with Gasteiger partial charge in [-0.25, -0.2) is 4.98 Å². The van der Waals surface area contributed by atoms with Crippen LogP contribution in [0.25, 0.3) is 0 Å². The van der Waals surface area contributed by atoms with Gasteiger partial charge in [-0.3, -0.25) is 4.79 Å². The van der Waals surface area contributed by atoms with Crippen molar-refractivity contribution in [1.82, 2.24) is 15.6 Å².